The number of hydrogen-bond acceptors (Lipinski definition) is 6. The molecule has 2 heterocycles. The molecule has 1 aromatic carbocycles. The fourth-order valence-corrected chi connectivity index (χ4v) is 4.64. The molecule has 4 N–H and O–H groups in total. The Morgan fingerprint density at radius 3 is 2.00 bits per heavy atom. The molecule has 140 valence electrons. The number of benzene rings is 1. The van der Waals surface area contributed by atoms with E-state index < -0.39 is 0 Å². The maximum Gasteiger partial charge on any atom is 0.220 e. The largest absolute Gasteiger partial charge is 0.372 e. The van der Waals surface area contributed by atoms with Crippen LogP contribution in [0.15, 0.2) is 34.3 Å². The Bertz CT molecular complexity index is 679. The molecule has 2 aliphatic heterocycles. The number of nitrogens with two attached hydrogens (primary N) is 2. The van der Waals surface area contributed by atoms with Gasteiger partial charge in [0.1, 0.15) is 5.66 Å². The molecule has 4 rings (SSSR count). The Balaban J connectivity index is 1.61. The van der Waals surface area contributed by atoms with E-state index in [0.29, 0.717) is 11.9 Å². The van der Waals surface area contributed by atoms with E-state index in [4.69, 9.17) is 16.5 Å². The molecular weight excluding hydrogens is 324 g/mol. The zero-order chi connectivity index (χ0) is 18.0. The topological polar surface area (TPSA) is 83.2 Å². The molecule has 1 aromatic rings. The smallest absolute Gasteiger partial charge is 0.220 e. The van der Waals surface area contributed by atoms with Gasteiger partial charge in [0.2, 0.25) is 11.9 Å². The zero-order valence-electron chi connectivity index (χ0n) is 15.5. The van der Waals surface area contributed by atoms with Crippen molar-refractivity contribution < 1.29 is 0 Å². The lowest BCUT2D eigenvalue weighted by Crippen LogP contribution is -2.58. The second kappa shape index (κ2) is 7.17. The van der Waals surface area contributed by atoms with Gasteiger partial charge in [-0.3, -0.25) is 4.90 Å². The average molecular weight is 355 g/mol. The minimum absolute atomic E-state index is 0.307. The van der Waals surface area contributed by atoms with E-state index in [1.54, 1.807) is 0 Å². The predicted molar refractivity (Wildman–Crippen MR) is 109 cm³/mol. The van der Waals surface area contributed by atoms with Gasteiger partial charge in [-0.1, -0.05) is 19.3 Å². The molecule has 2 fully saturated rings. The lowest BCUT2D eigenvalue weighted by Gasteiger charge is -2.45. The fraction of sp³-hybridized carbons (Fsp3) is 0.600. The van der Waals surface area contributed by atoms with E-state index in [1.165, 1.54) is 37.8 Å². The van der Waals surface area contributed by atoms with E-state index in [1.807, 2.05) is 0 Å². The van der Waals surface area contributed by atoms with Gasteiger partial charge < -0.3 is 16.4 Å². The summed E-state index contributed by atoms with van der Waals surface area (Å²) >= 11 is 0. The summed E-state index contributed by atoms with van der Waals surface area (Å²) in [4.78, 5) is 13.6. The molecule has 0 radical (unpaired) electrons. The molecule has 3 aliphatic rings. The third-order valence-electron chi connectivity index (χ3n) is 5.93. The Hall–Kier alpha value is -2.24. The Labute approximate surface area is 156 Å². The summed E-state index contributed by atoms with van der Waals surface area (Å²) < 4.78 is 0. The summed E-state index contributed by atoms with van der Waals surface area (Å²) in [5.41, 5.74) is 14.3. The van der Waals surface area contributed by atoms with Crippen molar-refractivity contribution in [2.24, 2.45) is 21.5 Å². The molecule has 26 heavy (non-hydrogen) atoms. The second-order valence-corrected chi connectivity index (χ2v) is 7.74. The zero-order valence-corrected chi connectivity index (χ0v) is 15.5. The minimum atomic E-state index is -0.363. The van der Waals surface area contributed by atoms with Crippen LogP contribution in [0.1, 0.15) is 57.8 Å². The highest BCUT2D eigenvalue weighted by atomic mass is 15.4. The first-order valence-corrected chi connectivity index (χ1v) is 10.0. The highest BCUT2D eigenvalue weighted by molar-refractivity contribution is 6.05. The standard InChI is InChI=1S/C20H30N6/c21-18-23-19(22)26(20(24-18)12-4-3-5-13-20)17-10-8-16(9-11-17)25-14-6-1-2-7-15-25/h8-11H,1-7,12-15H2,(H4,21,22,23,24). The van der Waals surface area contributed by atoms with Gasteiger partial charge in [-0.15, -0.1) is 0 Å². The molecule has 0 amide bonds. The van der Waals surface area contributed by atoms with Crippen molar-refractivity contribution in [2.45, 2.75) is 63.5 Å². The maximum absolute atomic E-state index is 6.31. The van der Waals surface area contributed by atoms with Crippen molar-refractivity contribution in [1.82, 2.24) is 0 Å². The first kappa shape index (κ1) is 17.2. The van der Waals surface area contributed by atoms with Gasteiger partial charge >= 0.3 is 0 Å². The van der Waals surface area contributed by atoms with Crippen LogP contribution in [0.5, 0.6) is 0 Å². The quantitative estimate of drug-likeness (QED) is 0.854. The van der Waals surface area contributed by atoms with Crippen LogP contribution >= 0.6 is 0 Å². The Morgan fingerprint density at radius 2 is 1.35 bits per heavy atom. The van der Waals surface area contributed by atoms with Crippen LogP contribution in [-0.4, -0.2) is 30.7 Å². The number of rotatable bonds is 2. The summed E-state index contributed by atoms with van der Waals surface area (Å²) in [6.45, 7) is 2.30. The van der Waals surface area contributed by atoms with Crippen molar-refractivity contribution in [3.8, 4) is 0 Å². The first-order valence-electron chi connectivity index (χ1n) is 10.0. The third-order valence-corrected chi connectivity index (χ3v) is 5.93. The van der Waals surface area contributed by atoms with Gasteiger partial charge in [-0.2, -0.15) is 4.99 Å². The van der Waals surface area contributed by atoms with Gasteiger partial charge in [0.05, 0.1) is 0 Å². The lowest BCUT2D eigenvalue weighted by molar-refractivity contribution is 0.305. The first-order chi connectivity index (χ1) is 12.7. The average Bonchev–Trinajstić information content (AvgIpc) is 2.92. The van der Waals surface area contributed by atoms with Crippen molar-refractivity contribution in [3.05, 3.63) is 24.3 Å². The molecular formula is C20H30N6. The number of anilines is 2. The highest BCUT2D eigenvalue weighted by Crippen LogP contribution is 2.39. The third kappa shape index (κ3) is 3.24. The number of aliphatic imine (C=N–C) groups is 2. The normalized spacial score (nSPS) is 23.4. The molecule has 1 aliphatic carbocycles. The summed E-state index contributed by atoms with van der Waals surface area (Å²) in [6, 6.07) is 8.75. The van der Waals surface area contributed by atoms with Crippen molar-refractivity contribution in [1.29, 1.82) is 0 Å². The van der Waals surface area contributed by atoms with Gasteiger partial charge in [-0.05, 0) is 62.8 Å². The molecule has 6 heteroatoms. The van der Waals surface area contributed by atoms with Crippen LogP contribution in [0.4, 0.5) is 11.4 Å². The second-order valence-electron chi connectivity index (χ2n) is 7.74. The van der Waals surface area contributed by atoms with Crippen LogP contribution < -0.4 is 21.3 Å². The van der Waals surface area contributed by atoms with Gasteiger partial charge in [0, 0.05) is 24.5 Å². The Morgan fingerprint density at radius 1 is 0.769 bits per heavy atom. The SMILES string of the molecule is NC1=NC2(CCCCC2)N(c2ccc(N3CCCCCC3)cc2)C(N)=N1. The fourth-order valence-electron chi connectivity index (χ4n) is 4.64. The van der Waals surface area contributed by atoms with Crippen molar-refractivity contribution in [2.75, 3.05) is 22.9 Å². The van der Waals surface area contributed by atoms with Crippen molar-refractivity contribution in [3.63, 3.8) is 0 Å². The monoisotopic (exact) mass is 354 g/mol. The van der Waals surface area contributed by atoms with Crippen molar-refractivity contribution >= 4 is 23.3 Å². The van der Waals surface area contributed by atoms with Crippen LogP contribution in [0, 0.1) is 0 Å². The lowest BCUT2D eigenvalue weighted by atomic mass is 9.87. The minimum Gasteiger partial charge on any atom is -0.372 e. The molecule has 0 unspecified atom stereocenters. The van der Waals surface area contributed by atoms with Gasteiger partial charge in [0.25, 0.3) is 0 Å². The molecule has 6 nitrogen and oxygen atoms in total. The number of nitrogens with zero attached hydrogens (tertiary/aromatic N) is 4. The summed E-state index contributed by atoms with van der Waals surface area (Å²) in [7, 11) is 0. The molecule has 0 atom stereocenters. The van der Waals surface area contributed by atoms with E-state index in [-0.39, 0.29) is 5.66 Å². The van der Waals surface area contributed by atoms with E-state index in [2.05, 4.69) is 39.1 Å². The van der Waals surface area contributed by atoms with Gasteiger partial charge in [-0.25, -0.2) is 4.99 Å². The molecule has 1 saturated carbocycles. The number of hydrogen-bond donors (Lipinski definition) is 2. The van der Waals surface area contributed by atoms with E-state index in [9.17, 15) is 0 Å². The van der Waals surface area contributed by atoms with E-state index in [0.717, 1.165) is 44.5 Å². The summed E-state index contributed by atoms with van der Waals surface area (Å²) in [6.07, 6.45) is 10.7. The van der Waals surface area contributed by atoms with E-state index >= 15 is 0 Å². The highest BCUT2D eigenvalue weighted by Gasteiger charge is 2.42. The van der Waals surface area contributed by atoms with Crippen LogP contribution in [0.3, 0.4) is 0 Å². The summed E-state index contributed by atoms with van der Waals surface area (Å²) in [5.74, 6) is 0.767. The Kier molecular flexibility index (Phi) is 4.74. The van der Waals surface area contributed by atoms with Crippen LogP contribution in [0.25, 0.3) is 0 Å². The van der Waals surface area contributed by atoms with Gasteiger partial charge in [0.15, 0.2) is 0 Å². The molecule has 1 saturated heterocycles. The maximum atomic E-state index is 6.31. The van der Waals surface area contributed by atoms with Crippen LogP contribution in [-0.2, 0) is 0 Å². The number of guanidine groups is 2. The summed E-state index contributed by atoms with van der Waals surface area (Å²) in [5, 5.41) is 0. The van der Waals surface area contributed by atoms with Crippen LogP contribution in [0.2, 0.25) is 0 Å². The predicted octanol–water partition coefficient (Wildman–Crippen LogP) is 3.18. The molecule has 1 spiro atoms. The molecule has 0 bridgehead atoms. The molecule has 0 aromatic heterocycles.